The fraction of sp³-hybridized carbons (Fsp3) is 0.533. The van der Waals surface area contributed by atoms with Gasteiger partial charge < -0.3 is 14.2 Å². The number of rotatable bonds is 5. The van der Waals surface area contributed by atoms with Gasteiger partial charge in [0.1, 0.15) is 12.4 Å². The van der Waals surface area contributed by atoms with Crippen molar-refractivity contribution in [3.63, 3.8) is 0 Å². The molecule has 0 spiro atoms. The maximum Gasteiger partial charge on any atom is 0.337 e. The Morgan fingerprint density at radius 3 is 2.80 bits per heavy atom. The third-order valence-electron chi connectivity index (χ3n) is 3.28. The lowest BCUT2D eigenvalue weighted by Gasteiger charge is -2.30. The van der Waals surface area contributed by atoms with Crippen LogP contribution < -0.4 is 4.74 Å². The highest BCUT2D eigenvalue weighted by atomic mass is 16.5. The number of hydrogen-bond donors (Lipinski definition) is 0. The number of morpholine rings is 1. The van der Waals surface area contributed by atoms with Gasteiger partial charge in [-0.05, 0) is 31.2 Å². The van der Waals surface area contributed by atoms with E-state index < -0.39 is 0 Å². The molecule has 1 saturated heterocycles. The minimum absolute atomic E-state index is 0.295. The molecule has 1 unspecified atom stereocenters. The third-order valence-corrected chi connectivity index (χ3v) is 3.28. The highest BCUT2D eigenvalue weighted by molar-refractivity contribution is 5.89. The normalized spacial score (nSPS) is 19.6. The summed E-state index contributed by atoms with van der Waals surface area (Å²) in [7, 11) is 1.37. The van der Waals surface area contributed by atoms with Gasteiger partial charge in [-0.2, -0.15) is 0 Å². The molecule has 1 fully saturated rings. The van der Waals surface area contributed by atoms with Crippen molar-refractivity contribution in [2.75, 3.05) is 40.0 Å². The first kappa shape index (κ1) is 14.8. The van der Waals surface area contributed by atoms with Crippen molar-refractivity contribution in [3.05, 3.63) is 29.8 Å². The molecular formula is C15H21NO4. The first-order valence-electron chi connectivity index (χ1n) is 6.84. The van der Waals surface area contributed by atoms with Crippen molar-refractivity contribution in [1.29, 1.82) is 0 Å². The summed E-state index contributed by atoms with van der Waals surface area (Å²) in [5.41, 5.74) is 0.529. The van der Waals surface area contributed by atoms with E-state index in [0.717, 1.165) is 32.0 Å². The fourth-order valence-corrected chi connectivity index (χ4v) is 2.19. The van der Waals surface area contributed by atoms with E-state index in [1.165, 1.54) is 7.11 Å². The maximum atomic E-state index is 11.3. The number of hydrogen-bond acceptors (Lipinski definition) is 5. The number of benzene rings is 1. The van der Waals surface area contributed by atoms with Crippen LogP contribution in [-0.2, 0) is 9.47 Å². The third kappa shape index (κ3) is 4.21. The van der Waals surface area contributed by atoms with Gasteiger partial charge >= 0.3 is 5.97 Å². The lowest BCUT2D eigenvalue weighted by molar-refractivity contribution is -0.0214. The quantitative estimate of drug-likeness (QED) is 0.766. The van der Waals surface area contributed by atoms with Crippen LogP contribution in [-0.4, -0.2) is 56.9 Å². The van der Waals surface area contributed by atoms with Gasteiger partial charge in [0.05, 0.1) is 25.4 Å². The van der Waals surface area contributed by atoms with Crippen LogP contribution in [0.15, 0.2) is 24.3 Å². The average Bonchev–Trinajstić information content (AvgIpc) is 2.47. The molecule has 1 aromatic carbocycles. The van der Waals surface area contributed by atoms with E-state index in [-0.39, 0.29) is 5.97 Å². The number of esters is 1. The largest absolute Gasteiger partial charge is 0.492 e. The van der Waals surface area contributed by atoms with Crippen molar-refractivity contribution >= 4 is 5.97 Å². The minimum atomic E-state index is -0.334. The second kappa shape index (κ2) is 7.26. The number of carbonyl (C=O) groups is 1. The molecule has 20 heavy (non-hydrogen) atoms. The molecule has 0 amide bonds. The predicted molar refractivity (Wildman–Crippen MR) is 75.1 cm³/mol. The standard InChI is InChI=1S/C15H21NO4/c1-12-11-16(7-9-19-12)8-10-20-14-5-3-13(4-6-14)15(17)18-2/h3-6,12H,7-11H2,1-2H3. The van der Waals surface area contributed by atoms with E-state index in [1.54, 1.807) is 24.3 Å². The van der Waals surface area contributed by atoms with E-state index in [2.05, 4.69) is 16.6 Å². The molecule has 0 saturated carbocycles. The van der Waals surface area contributed by atoms with E-state index in [1.807, 2.05) is 0 Å². The molecule has 0 aliphatic carbocycles. The second-order valence-electron chi connectivity index (χ2n) is 4.85. The molecule has 0 radical (unpaired) electrons. The van der Waals surface area contributed by atoms with Crippen molar-refractivity contribution in [2.45, 2.75) is 13.0 Å². The Hall–Kier alpha value is -1.59. The van der Waals surface area contributed by atoms with Gasteiger partial charge in [-0.15, -0.1) is 0 Å². The summed E-state index contributed by atoms with van der Waals surface area (Å²) < 4.78 is 15.8. The summed E-state index contributed by atoms with van der Waals surface area (Å²) in [6.07, 6.45) is 0.295. The van der Waals surface area contributed by atoms with Crippen LogP contribution in [0.25, 0.3) is 0 Å². The Morgan fingerprint density at radius 1 is 1.40 bits per heavy atom. The van der Waals surface area contributed by atoms with Gasteiger partial charge in [0, 0.05) is 19.6 Å². The zero-order valence-corrected chi connectivity index (χ0v) is 12.0. The zero-order chi connectivity index (χ0) is 14.4. The van der Waals surface area contributed by atoms with Crippen LogP contribution in [0.4, 0.5) is 0 Å². The van der Waals surface area contributed by atoms with Gasteiger partial charge in [0.15, 0.2) is 0 Å². The first-order valence-corrected chi connectivity index (χ1v) is 6.84. The summed E-state index contributed by atoms with van der Waals surface area (Å²) in [6.45, 7) is 6.28. The van der Waals surface area contributed by atoms with Gasteiger partial charge in [0.25, 0.3) is 0 Å². The molecule has 1 aliphatic heterocycles. The van der Waals surface area contributed by atoms with Crippen molar-refractivity contribution in [3.8, 4) is 5.75 Å². The average molecular weight is 279 g/mol. The maximum absolute atomic E-state index is 11.3. The molecular weight excluding hydrogens is 258 g/mol. The molecule has 2 rings (SSSR count). The van der Waals surface area contributed by atoms with Gasteiger partial charge in [-0.25, -0.2) is 4.79 Å². The van der Waals surface area contributed by atoms with Crippen LogP contribution >= 0.6 is 0 Å². The summed E-state index contributed by atoms with van der Waals surface area (Å²) >= 11 is 0. The lowest BCUT2D eigenvalue weighted by atomic mass is 10.2. The van der Waals surface area contributed by atoms with E-state index in [0.29, 0.717) is 18.3 Å². The Morgan fingerprint density at radius 2 is 2.15 bits per heavy atom. The fourth-order valence-electron chi connectivity index (χ4n) is 2.19. The first-order chi connectivity index (χ1) is 9.69. The van der Waals surface area contributed by atoms with Crippen molar-refractivity contribution in [1.82, 2.24) is 4.90 Å². The molecule has 0 aromatic heterocycles. The number of methoxy groups -OCH3 is 1. The number of carbonyl (C=O) groups excluding carboxylic acids is 1. The second-order valence-corrected chi connectivity index (χ2v) is 4.85. The molecule has 5 heteroatoms. The van der Waals surface area contributed by atoms with Crippen LogP contribution in [0.5, 0.6) is 5.75 Å². The smallest absolute Gasteiger partial charge is 0.337 e. The van der Waals surface area contributed by atoms with E-state index in [4.69, 9.17) is 9.47 Å². The summed E-state index contributed by atoms with van der Waals surface area (Å²) in [5, 5.41) is 0. The summed E-state index contributed by atoms with van der Waals surface area (Å²) in [6, 6.07) is 6.98. The van der Waals surface area contributed by atoms with Gasteiger partial charge in [-0.1, -0.05) is 0 Å². The Kier molecular flexibility index (Phi) is 5.38. The van der Waals surface area contributed by atoms with Gasteiger partial charge in [-0.3, -0.25) is 4.90 Å². The highest BCUT2D eigenvalue weighted by Crippen LogP contribution is 2.13. The molecule has 0 bridgehead atoms. The Balaban J connectivity index is 1.75. The number of nitrogens with zero attached hydrogens (tertiary/aromatic N) is 1. The Bertz CT molecular complexity index is 432. The minimum Gasteiger partial charge on any atom is -0.492 e. The summed E-state index contributed by atoms with van der Waals surface area (Å²) in [4.78, 5) is 13.6. The SMILES string of the molecule is COC(=O)c1ccc(OCCN2CCOC(C)C2)cc1. The topological polar surface area (TPSA) is 48.0 Å². The molecule has 110 valence electrons. The van der Waals surface area contributed by atoms with Crippen LogP contribution in [0.2, 0.25) is 0 Å². The van der Waals surface area contributed by atoms with Crippen LogP contribution in [0, 0.1) is 0 Å². The molecule has 1 atom stereocenters. The van der Waals surface area contributed by atoms with Crippen molar-refractivity contribution in [2.24, 2.45) is 0 Å². The zero-order valence-electron chi connectivity index (χ0n) is 12.0. The lowest BCUT2D eigenvalue weighted by Crippen LogP contribution is -2.42. The van der Waals surface area contributed by atoms with Crippen LogP contribution in [0.1, 0.15) is 17.3 Å². The molecule has 1 heterocycles. The molecule has 0 N–H and O–H groups in total. The van der Waals surface area contributed by atoms with Gasteiger partial charge in [0.2, 0.25) is 0 Å². The predicted octanol–water partition coefficient (Wildman–Crippen LogP) is 1.57. The molecule has 1 aromatic rings. The molecule has 1 aliphatic rings. The van der Waals surface area contributed by atoms with E-state index in [9.17, 15) is 4.79 Å². The van der Waals surface area contributed by atoms with Crippen LogP contribution in [0.3, 0.4) is 0 Å². The monoisotopic (exact) mass is 279 g/mol. The number of ether oxygens (including phenoxy) is 3. The van der Waals surface area contributed by atoms with Crippen molar-refractivity contribution < 1.29 is 19.0 Å². The highest BCUT2D eigenvalue weighted by Gasteiger charge is 2.16. The summed E-state index contributed by atoms with van der Waals surface area (Å²) in [5.74, 6) is 0.429. The Labute approximate surface area is 119 Å². The van der Waals surface area contributed by atoms with E-state index >= 15 is 0 Å². The molecule has 5 nitrogen and oxygen atoms in total.